The van der Waals surface area contributed by atoms with E-state index in [1.54, 1.807) is 23.1 Å². The number of nitrogens with zero attached hydrogens (tertiary/aromatic N) is 1. The summed E-state index contributed by atoms with van der Waals surface area (Å²) in [6, 6.07) is 4.83. The molecule has 6 heteroatoms. The van der Waals surface area contributed by atoms with Gasteiger partial charge in [0, 0.05) is 18.1 Å². The molecule has 1 aromatic rings. The van der Waals surface area contributed by atoms with Crippen LogP contribution in [-0.2, 0) is 9.53 Å². The summed E-state index contributed by atoms with van der Waals surface area (Å²) in [5.74, 6) is -0.136. The molecule has 0 unspecified atom stereocenters. The molecule has 1 amide bonds. The van der Waals surface area contributed by atoms with Crippen LogP contribution in [0.15, 0.2) is 18.2 Å². The third kappa shape index (κ3) is 4.13. The number of halogens is 1. The maximum absolute atomic E-state index is 12.4. The molecule has 0 saturated carbocycles. The molecule has 5 nitrogen and oxygen atoms in total. The van der Waals surface area contributed by atoms with E-state index in [0.717, 1.165) is 0 Å². The summed E-state index contributed by atoms with van der Waals surface area (Å²) in [5, 5.41) is 0.496. The minimum absolute atomic E-state index is 0.159. The van der Waals surface area contributed by atoms with Crippen molar-refractivity contribution in [3.8, 4) is 5.75 Å². The SMILES string of the molecule is CCN(CCC(=O)OC)C(=O)c1ccc(Cl)cc1OC. The van der Waals surface area contributed by atoms with Crippen LogP contribution < -0.4 is 4.74 Å². The van der Waals surface area contributed by atoms with Crippen LogP contribution in [0.3, 0.4) is 0 Å². The van der Waals surface area contributed by atoms with Gasteiger partial charge >= 0.3 is 5.97 Å². The molecule has 0 aliphatic carbocycles. The minimum atomic E-state index is -0.348. The first-order valence-electron chi connectivity index (χ1n) is 6.23. The van der Waals surface area contributed by atoms with Crippen LogP contribution in [0.4, 0.5) is 0 Å². The van der Waals surface area contributed by atoms with Crippen LogP contribution in [0.2, 0.25) is 5.02 Å². The van der Waals surface area contributed by atoms with Crippen LogP contribution in [0.5, 0.6) is 5.75 Å². The number of carbonyl (C=O) groups excluding carboxylic acids is 2. The molecule has 0 radical (unpaired) electrons. The molecular formula is C14H18ClNO4. The zero-order valence-electron chi connectivity index (χ0n) is 11.8. The van der Waals surface area contributed by atoms with E-state index in [2.05, 4.69) is 4.74 Å². The Labute approximate surface area is 123 Å². The number of methoxy groups -OCH3 is 2. The second-order valence-electron chi connectivity index (χ2n) is 4.06. The summed E-state index contributed by atoms with van der Waals surface area (Å²) in [5.41, 5.74) is 0.420. The highest BCUT2D eigenvalue weighted by molar-refractivity contribution is 6.30. The molecule has 1 aromatic carbocycles. The van der Waals surface area contributed by atoms with Crippen molar-refractivity contribution >= 4 is 23.5 Å². The zero-order valence-corrected chi connectivity index (χ0v) is 12.6. The van der Waals surface area contributed by atoms with Crippen LogP contribution in [0.1, 0.15) is 23.7 Å². The summed E-state index contributed by atoms with van der Waals surface area (Å²) < 4.78 is 9.74. The fourth-order valence-corrected chi connectivity index (χ4v) is 1.91. The largest absolute Gasteiger partial charge is 0.496 e. The van der Waals surface area contributed by atoms with Crippen molar-refractivity contribution in [3.63, 3.8) is 0 Å². The van der Waals surface area contributed by atoms with Gasteiger partial charge in [0.2, 0.25) is 0 Å². The smallest absolute Gasteiger partial charge is 0.307 e. The van der Waals surface area contributed by atoms with Gasteiger partial charge < -0.3 is 14.4 Å². The molecule has 0 bridgehead atoms. The fourth-order valence-electron chi connectivity index (χ4n) is 1.74. The Hall–Kier alpha value is -1.75. The molecule has 0 N–H and O–H groups in total. The molecule has 1 rings (SSSR count). The van der Waals surface area contributed by atoms with Gasteiger partial charge in [-0.15, -0.1) is 0 Å². The average Bonchev–Trinajstić information content (AvgIpc) is 2.46. The number of amides is 1. The first kappa shape index (κ1) is 16.3. The first-order chi connectivity index (χ1) is 9.53. The molecule has 0 heterocycles. The number of hydrogen-bond donors (Lipinski definition) is 0. The number of ether oxygens (including phenoxy) is 2. The normalized spacial score (nSPS) is 10.0. The van der Waals surface area contributed by atoms with E-state index in [0.29, 0.717) is 29.4 Å². The van der Waals surface area contributed by atoms with Gasteiger partial charge in [-0.2, -0.15) is 0 Å². The highest BCUT2D eigenvalue weighted by atomic mass is 35.5. The Morgan fingerprint density at radius 2 is 2.00 bits per heavy atom. The Morgan fingerprint density at radius 3 is 2.55 bits per heavy atom. The molecular weight excluding hydrogens is 282 g/mol. The number of rotatable bonds is 6. The first-order valence-corrected chi connectivity index (χ1v) is 6.60. The lowest BCUT2D eigenvalue weighted by Crippen LogP contribution is -2.33. The van der Waals surface area contributed by atoms with Gasteiger partial charge in [0.05, 0.1) is 26.2 Å². The molecule has 0 fully saturated rings. The molecule has 0 saturated heterocycles. The summed E-state index contributed by atoms with van der Waals surface area (Å²) in [4.78, 5) is 25.1. The number of hydrogen-bond acceptors (Lipinski definition) is 4. The Bertz CT molecular complexity index is 490. The van der Waals surface area contributed by atoms with Crippen molar-refractivity contribution in [2.75, 3.05) is 27.3 Å². The zero-order chi connectivity index (χ0) is 15.1. The molecule has 0 aliphatic rings. The number of esters is 1. The van der Waals surface area contributed by atoms with Crippen LogP contribution in [-0.4, -0.2) is 44.1 Å². The van der Waals surface area contributed by atoms with Gasteiger partial charge in [0.15, 0.2) is 0 Å². The second kappa shape index (κ2) is 7.75. The van der Waals surface area contributed by atoms with Crippen molar-refractivity contribution in [2.24, 2.45) is 0 Å². The number of benzene rings is 1. The fraction of sp³-hybridized carbons (Fsp3) is 0.429. The van der Waals surface area contributed by atoms with Crippen molar-refractivity contribution in [1.29, 1.82) is 0 Å². The quantitative estimate of drug-likeness (QED) is 0.757. The maximum atomic E-state index is 12.4. The number of carbonyl (C=O) groups is 2. The lowest BCUT2D eigenvalue weighted by molar-refractivity contribution is -0.140. The second-order valence-corrected chi connectivity index (χ2v) is 4.49. The highest BCUT2D eigenvalue weighted by Gasteiger charge is 2.19. The predicted octanol–water partition coefficient (Wildman–Crippen LogP) is 2.37. The highest BCUT2D eigenvalue weighted by Crippen LogP contribution is 2.24. The predicted molar refractivity (Wildman–Crippen MR) is 76.2 cm³/mol. The van der Waals surface area contributed by atoms with Gasteiger partial charge in [-0.1, -0.05) is 11.6 Å². The summed E-state index contributed by atoms with van der Waals surface area (Å²) in [6.07, 6.45) is 0.159. The molecule has 0 atom stereocenters. The van der Waals surface area contributed by atoms with E-state index < -0.39 is 0 Å². The maximum Gasteiger partial charge on any atom is 0.307 e. The molecule has 20 heavy (non-hydrogen) atoms. The summed E-state index contributed by atoms with van der Waals surface area (Å²) >= 11 is 5.87. The van der Waals surface area contributed by atoms with E-state index >= 15 is 0 Å². The lowest BCUT2D eigenvalue weighted by Gasteiger charge is -2.21. The summed E-state index contributed by atoms with van der Waals surface area (Å²) in [7, 11) is 2.80. The van der Waals surface area contributed by atoms with Gasteiger partial charge in [0.1, 0.15) is 5.75 Å². The van der Waals surface area contributed by atoms with E-state index in [9.17, 15) is 9.59 Å². The molecule has 0 aliphatic heterocycles. The van der Waals surface area contributed by atoms with E-state index in [4.69, 9.17) is 16.3 Å². The van der Waals surface area contributed by atoms with Crippen LogP contribution in [0.25, 0.3) is 0 Å². The lowest BCUT2D eigenvalue weighted by atomic mass is 10.1. The Kier molecular flexibility index (Phi) is 6.31. The van der Waals surface area contributed by atoms with Crippen LogP contribution in [0, 0.1) is 0 Å². The van der Waals surface area contributed by atoms with E-state index in [1.165, 1.54) is 14.2 Å². The molecule has 0 spiro atoms. The van der Waals surface area contributed by atoms with Gasteiger partial charge in [0.25, 0.3) is 5.91 Å². The third-order valence-electron chi connectivity index (χ3n) is 2.88. The monoisotopic (exact) mass is 299 g/mol. The standard InChI is InChI=1S/C14H18ClNO4/c1-4-16(8-7-13(17)20-3)14(18)11-6-5-10(15)9-12(11)19-2/h5-6,9H,4,7-8H2,1-3H3. The van der Waals surface area contributed by atoms with Crippen LogP contribution >= 0.6 is 11.6 Å². The molecule has 0 aromatic heterocycles. The van der Waals surface area contributed by atoms with Crippen molar-refractivity contribution in [1.82, 2.24) is 4.90 Å². The average molecular weight is 300 g/mol. The third-order valence-corrected chi connectivity index (χ3v) is 3.11. The Morgan fingerprint density at radius 1 is 1.30 bits per heavy atom. The van der Waals surface area contributed by atoms with Gasteiger partial charge in [-0.05, 0) is 25.1 Å². The van der Waals surface area contributed by atoms with Gasteiger partial charge in [-0.3, -0.25) is 9.59 Å². The Balaban J connectivity index is 2.88. The van der Waals surface area contributed by atoms with E-state index in [1.807, 2.05) is 6.92 Å². The van der Waals surface area contributed by atoms with Crippen molar-refractivity contribution < 1.29 is 19.1 Å². The molecule has 110 valence electrons. The van der Waals surface area contributed by atoms with Gasteiger partial charge in [-0.25, -0.2) is 0 Å². The summed E-state index contributed by atoms with van der Waals surface area (Å²) in [6.45, 7) is 2.63. The van der Waals surface area contributed by atoms with Crippen molar-refractivity contribution in [2.45, 2.75) is 13.3 Å². The van der Waals surface area contributed by atoms with Crippen molar-refractivity contribution in [3.05, 3.63) is 28.8 Å². The van der Waals surface area contributed by atoms with E-state index in [-0.39, 0.29) is 18.3 Å². The minimum Gasteiger partial charge on any atom is -0.496 e. The topological polar surface area (TPSA) is 55.8 Å².